The van der Waals surface area contributed by atoms with E-state index in [1.807, 2.05) is 23.5 Å². The number of rotatable bonds is 8. The number of aromatic amines is 1. The maximum absolute atomic E-state index is 12.6. The van der Waals surface area contributed by atoms with Gasteiger partial charge in [0, 0.05) is 37.2 Å². The minimum Gasteiger partial charge on any atom is -0.461 e. The number of hydrogen-bond acceptors (Lipinski definition) is 9. The number of nitrogens with zero attached hydrogens (tertiary/aromatic N) is 6. The molecule has 14 heteroatoms. The highest BCUT2D eigenvalue weighted by Crippen LogP contribution is 2.35. The van der Waals surface area contributed by atoms with Crippen LogP contribution in [0.15, 0.2) is 18.6 Å². The predicted octanol–water partition coefficient (Wildman–Crippen LogP) is 1.95. The lowest BCUT2D eigenvalue weighted by atomic mass is 9.91. The molecule has 3 N–H and O–H groups in total. The summed E-state index contributed by atoms with van der Waals surface area (Å²) in [6, 6.07) is -0.0901. The summed E-state index contributed by atoms with van der Waals surface area (Å²) in [5.41, 5.74) is 2.49. The molecule has 4 heterocycles. The molecular weight excluding hydrogens is 479 g/mol. The van der Waals surface area contributed by atoms with Crippen molar-refractivity contribution in [2.75, 3.05) is 38.2 Å². The topological polar surface area (TPSA) is 134 Å². The number of amides is 1. The molecule has 0 bridgehead atoms. The van der Waals surface area contributed by atoms with Gasteiger partial charge in [-0.05, 0) is 38.6 Å². The zero-order chi connectivity index (χ0) is 25.3. The number of carbonyl (C=O) groups excluding carboxylic acids is 1. The maximum atomic E-state index is 12.6. The highest BCUT2D eigenvalue weighted by atomic mass is 19.4. The minimum absolute atomic E-state index is 0.0901. The van der Waals surface area contributed by atoms with Gasteiger partial charge in [-0.25, -0.2) is 4.98 Å². The largest absolute Gasteiger partial charge is 0.461 e. The third-order valence-corrected chi connectivity index (χ3v) is 6.67. The van der Waals surface area contributed by atoms with E-state index in [0.29, 0.717) is 13.1 Å². The molecule has 1 saturated heterocycles. The number of carbonyl (C=O) groups is 1. The number of nitrogens with one attached hydrogen (secondary N) is 3. The Morgan fingerprint density at radius 2 is 1.94 bits per heavy atom. The molecule has 0 unspecified atom stereocenters. The van der Waals surface area contributed by atoms with E-state index in [4.69, 9.17) is 4.74 Å². The molecule has 11 nitrogen and oxygen atoms in total. The van der Waals surface area contributed by atoms with Gasteiger partial charge in [0.1, 0.15) is 18.7 Å². The van der Waals surface area contributed by atoms with Crippen molar-refractivity contribution in [3.8, 4) is 6.01 Å². The quantitative estimate of drug-likeness (QED) is 0.420. The first-order chi connectivity index (χ1) is 17.3. The van der Waals surface area contributed by atoms with Crippen LogP contribution in [0.3, 0.4) is 0 Å². The number of anilines is 1. The zero-order valence-corrected chi connectivity index (χ0v) is 19.6. The highest BCUT2D eigenvalue weighted by Gasteiger charge is 2.42. The summed E-state index contributed by atoms with van der Waals surface area (Å²) >= 11 is 0. The molecule has 1 saturated carbocycles. The second-order valence-corrected chi connectivity index (χ2v) is 9.12. The molecule has 3 aromatic rings. The van der Waals surface area contributed by atoms with Gasteiger partial charge >= 0.3 is 12.2 Å². The molecule has 36 heavy (non-hydrogen) atoms. The SMILES string of the molecule is CNC1(COc2nc(C(=O)NCC(F)(F)F)nc(N3CCC(c4c[nH]c5nccnc45)CC3)n2)CC1. The molecule has 0 atom stereocenters. The van der Waals surface area contributed by atoms with Crippen molar-refractivity contribution in [2.45, 2.75) is 43.3 Å². The number of piperidine rings is 1. The van der Waals surface area contributed by atoms with Crippen LogP contribution >= 0.6 is 0 Å². The normalized spacial score (nSPS) is 17.8. The third-order valence-electron chi connectivity index (χ3n) is 6.67. The number of ether oxygens (including phenoxy) is 1. The summed E-state index contributed by atoms with van der Waals surface area (Å²) in [5.74, 6) is -1.02. The predicted molar refractivity (Wildman–Crippen MR) is 123 cm³/mol. The average molecular weight is 506 g/mol. The highest BCUT2D eigenvalue weighted by molar-refractivity contribution is 5.90. The van der Waals surface area contributed by atoms with Gasteiger partial charge in [0.05, 0.1) is 5.54 Å². The second-order valence-electron chi connectivity index (χ2n) is 9.12. The number of likely N-dealkylation sites (N-methyl/N-ethyl adjacent to an activating group) is 1. The summed E-state index contributed by atoms with van der Waals surface area (Å²) in [4.78, 5) is 38.7. The number of aromatic nitrogens is 6. The Morgan fingerprint density at radius 3 is 2.64 bits per heavy atom. The number of H-pyrrole nitrogens is 1. The summed E-state index contributed by atoms with van der Waals surface area (Å²) in [7, 11) is 1.83. The minimum atomic E-state index is -4.55. The van der Waals surface area contributed by atoms with E-state index in [9.17, 15) is 18.0 Å². The van der Waals surface area contributed by atoms with E-state index >= 15 is 0 Å². The van der Waals surface area contributed by atoms with Crippen molar-refractivity contribution in [3.05, 3.63) is 30.0 Å². The summed E-state index contributed by atoms with van der Waals surface area (Å²) < 4.78 is 43.6. The molecule has 0 aromatic carbocycles. The van der Waals surface area contributed by atoms with Gasteiger partial charge < -0.3 is 25.3 Å². The summed E-state index contributed by atoms with van der Waals surface area (Å²) in [5, 5.41) is 5.00. The van der Waals surface area contributed by atoms with E-state index in [-0.39, 0.29) is 30.0 Å². The fourth-order valence-corrected chi connectivity index (χ4v) is 4.30. The van der Waals surface area contributed by atoms with Gasteiger partial charge in [-0.15, -0.1) is 0 Å². The van der Waals surface area contributed by atoms with Crippen LogP contribution in [0.1, 0.15) is 47.8 Å². The Balaban J connectivity index is 1.32. The van der Waals surface area contributed by atoms with Crippen LogP contribution in [-0.4, -0.2) is 80.8 Å². The van der Waals surface area contributed by atoms with Crippen LogP contribution in [0.4, 0.5) is 19.1 Å². The first-order valence-corrected chi connectivity index (χ1v) is 11.7. The lowest BCUT2D eigenvalue weighted by Crippen LogP contribution is -2.37. The molecule has 192 valence electrons. The fraction of sp³-hybridized carbons (Fsp3) is 0.545. The van der Waals surface area contributed by atoms with Gasteiger partial charge in [-0.3, -0.25) is 9.78 Å². The lowest BCUT2D eigenvalue weighted by Gasteiger charge is -2.32. The fourth-order valence-electron chi connectivity index (χ4n) is 4.30. The standard InChI is InChI=1S/C22H26F3N9O2/c1-26-21(4-5-21)12-36-20-32-17(18(35)30-11-22(23,24)25)31-19(33-20)34-8-2-13(3-9-34)14-10-29-16-15(14)27-6-7-28-16/h6-7,10,13,26H,2-5,8-9,11-12H2,1H3,(H,28,29)(H,30,35). The van der Waals surface area contributed by atoms with E-state index in [2.05, 4.69) is 35.2 Å². The summed E-state index contributed by atoms with van der Waals surface area (Å²) in [6.45, 7) is -0.0543. The van der Waals surface area contributed by atoms with Crippen molar-refractivity contribution >= 4 is 23.0 Å². The Morgan fingerprint density at radius 1 is 1.19 bits per heavy atom. The lowest BCUT2D eigenvalue weighted by molar-refractivity contribution is -0.123. The van der Waals surface area contributed by atoms with E-state index in [0.717, 1.165) is 42.4 Å². The molecule has 2 fully saturated rings. The molecule has 1 aliphatic carbocycles. The summed E-state index contributed by atoms with van der Waals surface area (Å²) in [6.07, 6.45) is 4.05. The first-order valence-electron chi connectivity index (χ1n) is 11.7. The van der Waals surface area contributed by atoms with Crippen molar-refractivity contribution in [1.29, 1.82) is 0 Å². The monoisotopic (exact) mass is 505 g/mol. The van der Waals surface area contributed by atoms with E-state index in [1.54, 1.807) is 12.4 Å². The van der Waals surface area contributed by atoms with Crippen LogP contribution in [0, 0.1) is 0 Å². The van der Waals surface area contributed by atoms with Crippen LogP contribution in [0.2, 0.25) is 0 Å². The Bertz CT molecular complexity index is 1240. The Kier molecular flexibility index (Phi) is 6.36. The smallest absolute Gasteiger partial charge is 0.405 e. The van der Waals surface area contributed by atoms with Crippen molar-refractivity contribution < 1.29 is 22.7 Å². The molecule has 0 spiro atoms. The number of hydrogen-bond donors (Lipinski definition) is 3. The second kappa shape index (κ2) is 9.48. The average Bonchev–Trinajstić information content (AvgIpc) is 3.55. The zero-order valence-electron chi connectivity index (χ0n) is 19.6. The van der Waals surface area contributed by atoms with Gasteiger partial charge in [0.15, 0.2) is 5.65 Å². The van der Waals surface area contributed by atoms with Crippen LogP contribution < -0.4 is 20.3 Å². The molecular formula is C22H26F3N9O2. The Hall–Kier alpha value is -3.55. The third kappa shape index (κ3) is 5.32. The number of halogens is 3. The number of fused-ring (bicyclic) bond motifs is 1. The van der Waals surface area contributed by atoms with Crippen LogP contribution in [-0.2, 0) is 0 Å². The molecule has 1 aliphatic heterocycles. The van der Waals surface area contributed by atoms with Crippen molar-refractivity contribution in [1.82, 2.24) is 40.5 Å². The van der Waals surface area contributed by atoms with E-state index in [1.165, 1.54) is 0 Å². The molecule has 0 radical (unpaired) electrons. The van der Waals surface area contributed by atoms with Crippen molar-refractivity contribution in [3.63, 3.8) is 0 Å². The van der Waals surface area contributed by atoms with Gasteiger partial charge in [0.25, 0.3) is 5.91 Å². The number of alkyl halides is 3. The van der Waals surface area contributed by atoms with Gasteiger partial charge in [-0.1, -0.05) is 0 Å². The maximum Gasteiger partial charge on any atom is 0.405 e. The van der Waals surface area contributed by atoms with Crippen LogP contribution in [0.5, 0.6) is 6.01 Å². The van der Waals surface area contributed by atoms with Gasteiger partial charge in [0.2, 0.25) is 11.8 Å². The molecule has 5 rings (SSSR count). The Labute approximate surface area is 204 Å². The molecule has 2 aliphatic rings. The first kappa shape index (κ1) is 24.2. The van der Waals surface area contributed by atoms with Gasteiger partial charge in [-0.2, -0.15) is 28.1 Å². The molecule has 1 amide bonds. The van der Waals surface area contributed by atoms with E-state index < -0.39 is 24.5 Å². The van der Waals surface area contributed by atoms with Crippen molar-refractivity contribution in [2.24, 2.45) is 0 Å². The van der Waals surface area contributed by atoms with Crippen LogP contribution in [0.25, 0.3) is 11.2 Å². The molecule has 3 aromatic heterocycles.